The third-order valence-corrected chi connectivity index (χ3v) is 3.06. The molecule has 0 fully saturated rings. The number of benzene rings is 1. The van der Waals surface area contributed by atoms with Gasteiger partial charge in [0, 0.05) is 17.8 Å². The third kappa shape index (κ3) is 7.69. The second kappa shape index (κ2) is 9.05. The number of ether oxygens (including phenoxy) is 1. The monoisotopic (exact) mass is 349 g/mol. The molecule has 7 nitrogen and oxygen atoms in total. The van der Waals surface area contributed by atoms with Crippen LogP contribution < -0.4 is 16.0 Å². The molecule has 0 spiro atoms. The summed E-state index contributed by atoms with van der Waals surface area (Å²) < 4.78 is 5.17. The number of hydrogen-bond acceptors (Lipinski definition) is 4. The van der Waals surface area contributed by atoms with Gasteiger partial charge in [-0.25, -0.2) is 4.79 Å². The number of carbonyl (C=O) groups excluding carboxylic acids is 3. The predicted octanol–water partition coefficient (Wildman–Crippen LogP) is 2.68. The van der Waals surface area contributed by atoms with Crippen LogP contribution in [0.5, 0.6) is 0 Å². The molecule has 0 saturated heterocycles. The molecular formula is C18H27N3O4. The van der Waals surface area contributed by atoms with Crippen LogP contribution in [0.15, 0.2) is 24.3 Å². The fraction of sp³-hybridized carbons (Fsp3) is 0.500. The molecule has 3 N–H and O–H groups in total. The summed E-state index contributed by atoms with van der Waals surface area (Å²) in [6.45, 7) is 9.43. The summed E-state index contributed by atoms with van der Waals surface area (Å²) >= 11 is 0. The molecule has 0 radical (unpaired) electrons. The van der Waals surface area contributed by atoms with Gasteiger partial charge in [0.15, 0.2) is 0 Å². The minimum atomic E-state index is -0.651. The van der Waals surface area contributed by atoms with Gasteiger partial charge >= 0.3 is 6.09 Å². The molecule has 1 unspecified atom stereocenters. The van der Waals surface area contributed by atoms with Crippen LogP contribution in [0, 0.1) is 0 Å². The molecule has 0 aliphatic heterocycles. The van der Waals surface area contributed by atoms with E-state index in [9.17, 15) is 14.4 Å². The number of rotatable bonds is 6. The summed E-state index contributed by atoms with van der Waals surface area (Å²) in [5, 5.41) is 7.93. The minimum absolute atomic E-state index is 0.238. The van der Waals surface area contributed by atoms with Crippen LogP contribution in [0.3, 0.4) is 0 Å². The maximum Gasteiger partial charge on any atom is 0.412 e. The average Bonchev–Trinajstić information content (AvgIpc) is 2.50. The Labute approximate surface area is 148 Å². The van der Waals surface area contributed by atoms with Crippen LogP contribution in [-0.2, 0) is 9.53 Å². The van der Waals surface area contributed by atoms with Crippen molar-refractivity contribution in [3.63, 3.8) is 0 Å². The van der Waals surface area contributed by atoms with E-state index in [1.54, 1.807) is 45.9 Å². The maximum atomic E-state index is 12.3. The maximum absolute atomic E-state index is 12.3. The highest BCUT2D eigenvalue weighted by Crippen LogP contribution is 2.14. The van der Waals surface area contributed by atoms with Gasteiger partial charge in [-0.1, -0.05) is 13.0 Å². The summed E-state index contributed by atoms with van der Waals surface area (Å²) in [5.74, 6) is -0.634. The first-order valence-electron chi connectivity index (χ1n) is 8.31. The average molecular weight is 349 g/mol. The first kappa shape index (κ1) is 20.5. The van der Waals surface area contributed by atoms with Crippen LogP contribution in [-0.4, -0.2) is 36.1 Å². The highest BCUT2D eigenvalue weighted by molar-refractivity contribution is 5.98. The molecule has 7 heteroatoms. The summed E-state index contributed by atoms with van der Waals surface area (Å²) in [7, 11) is 0. The summed E-state index contributed by atoms with van der Waals surface area (Å²) in [5.41, 5.74) is 0.161. The lowest BCUT2D eigenvalue weighted by atomic mass is 10.1. The molecule has 0 heterocycles. The van der Waals surface area contributed by atoms with Gasteiger partial charge in [0.05, 0.1) is 0 Å². The van der Waals surface area contributed by atoms with Crippen molar-refractivity contribution >= 4 is 23.6 Å². The van der Waals surface area contributed by atoms with Gasteiger partial charge in [-0.3, -0.25) is 14.9 Å². The zero-order valence-corrected chi connectivity index (χ0v) is 15.4. The quantitative estimate of drug-likeness (QED) is 0.735. The molecule has 0 saturated carbocycles. The molecule has 1 atom stereocenters. The van der Waals surface area contributed by atoms with Gasteiger partial charge in [-0.2, -0.15) is 0 Å². The van der Waals surface area contributed by atoms with Crippen molar-refractivity contribution in [2.24, 2.45) is 0 Å². The van der Waals surface area contributed by atoms with Crippen molar-refractivity contribution in [1.29, 1.82) is 0 Å². The summed E-state index contributed by atoms with van der Waals surface area (Å²) in [4.78, 5) is 35.9. The number of amides is 3. The Balaban J connectivity index is 2.69. The van der Waals surface area contributed by atoms with E-state index in [0.29, 0.717) is 17.8 Å². The zero-order valence-electron chi connectivity index (χ0n) is 15.4. The molecule has 1 rings (SSSR count). The van der Waals surface area contributed by atoms with Gasteiger partial charge < -0.3 is 15.4 Å². The van der Waals surface area contributed by atoms with Crippen molar-refractivity contribution in [3.05, 3.63) is 29.8 Å². The fourth-order valence-corrected chi connectivity index (χ4v) is 1.91. The van der Waals surface area contributed by atoms with Gasteiger partial charge in [0.2, 0.25) is 5.91 Å². The zero-order chi connectivity index (χ0) is 19.0. The van der Waals surface area contributed by atoms with E-state index in [0.717, 1.165) is 6.42 Å². The predicted molar refractivity (Wildman–Crippen MR) is 96.5 cm³/mol. The fourth-order valence-electron chi connectivity index (χ4n) is 1.91. The molecule has 0 aromatic heterocycles. The Morgan fingerprint density at radius 2 is 1.88 bits per heavy atom. The Hall–Kier alpha value is -2.57. The van der Waals surface area contributed by atoms with Crippen LogP contribution in [0.4, 0.5) is 10.5 Å². The van der Waals surface area contributed by atoms with E-state index < -0.39 is 23.6 Å². The van der Waals surface area contributed by atoms with Crippen molar-refractivity contribution in [2.75, 3.05) is 11.9 Å². The van der Waals surface area contributed by atoms with Crippen LogP contribution in [0.2, 0.25) is 0 Å². The van der Waals surface area contributed by atoms with Crippen molar-refractivity contribution in [3.8, 4) is 0 Å². The van der Waals surface area contributed by atoms with Gasteiger partial charge in [-0.15, -0.1) is 0 Å². The van der Waals surface area contributed by atoms with Crippen molar-refractivity contribution in [2.45, 2.75) is 52.7 Å². The first-order valence-corrected chi connectivity index (χ1v) is 8.31. The molecule has 1 aromatic rings. The second-order valence-corrected chi connectivity index (χ2v) is 6.69. The van der Waals surface area contributed by atoms with Crippen LogP contribution in [0.25, 0.3) is 0 Å². The SMILES string of the molecule is CCCNC(=O)C(C)NC(=O)c1cccc(NC(=O)OC(C)(C)C)c1. The van der Waals surface area contributed by atoms with Gasteiger partial charge in [0.25, 0.3) is 5.91 Å². The van der Waals surface area contributed by atoms with E-state index in [2.05, 4.69) is 16.0 Å². The van der Waals surface area contributed by atoms with Gasteiger partial charge in [0.1, 0.15) is 11.6 Å². The van der Waals surface area contributed by atoms with Crippen LogP contribution >= 0.6 is 0 Å². The van der Waals surface area contributed by atoms with E-state index in [-0.39, 0.29) is 5.91 Å². The van der Waals surface area contributed by atoms with Gasteiger partial charge in [-0.05, 0) is 52.3 Å². The Bertz CT molecular complexity index is 623. The topological polar surface area (TPSA) is 96.5 Å². The summed E-state index contributed by atoms with van der Waals surface area (Å²) in [6, 6.07) is 5.77. The smallest absolute Gasteiger partial charge is 0.412 e. The largest absolute Gasteiger partial charge is 0.444 e. The number of nitrogens with one attached hydrogen (secondary N) is 3. The standard InChI is InChI=1S/C18H27N3O4/c1-6-10-19-15(22)12(2)20-16(23)13-8-7-9-14(11-13)21-17(24)25-18(3,4)5/h7-9,11-12H,6,10H2,1-5H3,(H,19,22)(H,20,23)(H,21,24). The molecule has 0 aliphatic carbocycles. The normalized spacial score (nSPS) is 12.0. The molecule has 25 heavy (non-hydrogen) atoms. The van der Waals surface area contributed by atoms with E-state index in [1.165, 1.54) is 6.07 Å². The Kier molecular flexibility index (Phi) is 7.42. The summed E-state index contributed by atoms with van der Waals surface area (Å²) in [6.07, 6.45) is 0.225. The Morgan fingerprint density at radius 1 is 1.20 bits per heavy atom. The minimum Gasteiger partial charge on any atom is -0.444 e. The molecular weight excluding hydrogens is 322 g/mol. The number of anilines is 1. The highest BCUT2D eigenvalue weighted by Gasteiger charge is 2.18. The first-order chi connectivity index (χ1) is 11.6. The van der Waals surface area contributed by atoms with E-state index in [4.69, 9.17) is 4.74 Å². The Morgan fingerprint density at radius 3 is 2.48 bits per heavy atom. The lowest BCUT2D eigenvalue weighted by Gasteiger charge is -2.19. The molecule has 3 amide bonds. The molecule has 138 valence electrons. The van der Waals surface area contributed by atoms with Crippen molar-refractivity contribution in [1.82, 2.24) is 10.6 Å². The number of hydrogen-bond donors (Lipinski definition) is 3. The second-order valence-electron chi connectivity index (χ2n) is 6.69. The lowest BCUT2D eigenvalue weighted by Crippen LogP contribution is -2.45. The van der Waals surface area contributed by atoms with E-state index >= 15 is 0 Å². The van der Waals surface area contributed by atoms with Crippen molar-refractivity contribution < 1.29 is 19.1 Å². The lowest BCUT2D eigenvalue weighted by molar-refractivity contribution is -0.122. The van der Waals surface area contributed by atoms with E-state index in [1.807, 2.05) is 6.92 Å². The molecule has 1 aromatic carbocycles. The highest BCUT2D eigenvalue weighted by atomic mass is 16.6. The number of carbonyl (C=O) groups is 3. The third-order valence-electron chi connectivity index (χ3n) is 3.06. The molecule has 0 bridgehead atoms. The van der Waals surface area contributed by atoms with Crippen LogP contribution in [0.1, 0.15) is 51.4 Å². The molecule has 0 aliphatic rings.